The minimum absolute atomic E-state index is 0.391. The summed E-state index contributed by atoms with van der Waals surface area (Å²) in [5, 5.41) is 0. The maximum absolute atomic E-state index is 12.3. The largest absolute Gasteiger partial charge is 0.330 e. The van der Waals surface area contributed by atoms with Gasteiger partial charge in [0, 0.05) is 20.6 Å². The average molecular weight is 271 g/mol. The molecule has 0 spiro atoms. The lowest BCUT2D eigenvalue weighted by molar-refractivity contribution is 0.514. The maximum atomic E-state index is 12.3. The second-order valence-electron chi connectivity index (χ2n) is 4.29. The van der Waals surface area contributed by atoms with Crippen LogP contribution in [0.1, 0.15) is 12.0 Å². The molecule has 0 aliphatic rings. The molecular formula is C12H21N3O2S. The number of anilines is 1. The summed E-state index contributed by atoms with van der Waals surface area (Å²) in [4.78, 5) is 0. The van der Waals surface area contributed by atoms with Crippen molar-refractivity contribution in [2.75, 3.05) is 31.5 Å². The minimum atomic E-state index is -3.48. The van der Waals surface area contributed by atoms with Gasteiger partial charge >= 0.3 is 10.2 Å². The Morgan fingerprint density at radius 3 is 2.33 bits per heavy atom. The van der Waals surface area contributed by atoms with Gasteiger partial charge in [-0.05, 0) is 31.5 Å². The molecule has 0 saturated carbocycles. The zero-order valence-electron chi connectivity index (χ0n) is 11.1. The fourth-order valence-corrected chi connectivity index (χ4v) is 2.84. The molecule has 5 nitrogen and oxygen atoms in total. The highest BCUT2D eigenvalue weighted by molar-refractivity contribution is 7.90. The monoisotopic (exact) mass is 271 g/mol. The molecule has 102 valence electrons. The van der Waals surface area contributed by atoms with Gasteiger partial charge in [-0.2, -0.15) is 12.7 Å². The van der Waals surface area contributed by atoms with Crippen molar-refractivity contribution < 1.29 is 8.42 Å². The molecule has 1 rings (SSSR count). The Balaban J connectivity index is 3.18. The first-order valence-corrected chi connectivity index (χ1v) is 7.27. The van der Waals surface area contributed by atoms with E-state index in [0.717, 1.165) is 5.56 Å². The molecule has 0 fully saturated rings. The summed E-state index contributed by atoms with van der Waals surface area (Å²) in [5.74, 6) is 0. The van der Waals surface area contributed by atoms with Gasteiger partial charge in [0.25, 0.3) is 0 Å². The van der Waals surface area contributed by atoms with Gasteiger partial charge in [-0.25, -0.2) is 0 Å². The summed E-state index contributed by atoms with van der Waals surface area (Å²) < 4.78 is 27.2. The van der Waals surface area contributed by atoms with Crippen molar-refractivity contribution in [1.82, 2.24) is 4.31 Å². The molecule has 1 aromatic rings. The van der Waals surface area contributed by atoms with Crippen LogP contribution in [-0.2, 0) is 10.2 Å². The van der Waals surface area contributed by atoms with Crippen LogP contribution in [0.25, 0.3) is 0 Å². The summed E-state index contributed by atoms with van der Waals surface area (Å²) >= 11 is 0. The van der Waals surface area contributed by atoms with E-state index in [1.807, 2.05) is 31.2 Å². The number of rotatable bonds is 6. The highest BCUT2D eigenvalue weighted by Gasteiger charge is 2.25. The molecule has 0 saturated heterocycles. The lowest BCUT2D eigenvalue weighted by atomic mass is 10.2. The van der Waals surface area contributed by atoms with E-state index in [1.165, 1.54) is 22.7 Å². The summed E-state index contributed by atoms with van der Waals surface area (Å²) in [6.45, 7) is 2.75. The molecule has 0 aromatic heterocycles. The Hall–Kier alpha value is -1.11. The van der Waals surface area contributed by atoms with Crippen molar-refractivity contribution in [1.29, 1.82) is 0 Å². The molecule has 0 atom stereocenters. The number of para-hydroxylation sites is 1. The number of hydrogen-bond donors (Lipinski definition) is 1. The van der Waals surface area contributed by atoms with Crippen LogP contribution >= 0.6 is 0 Å². The van der Waals surface area contributed by atoms with Gasteiger partial charge in [-0.1, -0.05) is 18.2 Å². The Morgan fingerprint density at radius 2 is 1.83 bits per heavy atom. The highest BCUT2D eigenvalue weighted by atomic mass is 32.2. The van der Waals surface area contributed by atoms with E-state index in [2.05, 4.69) is 0 Å². The van der Waals surface area contributed by atoms with Crippen LogP contribution in [0.3, 0.4) is 0 Å². The van der Waals surface area contributed by atoms with E-state index in [4.69, 9.17) is 5.73 Å². The molecule has 0 unspecified atom stereocenters. The van der Waals surface area contributed by atoms with Crippen LogP contribution in [0.5, 0.6) is 0 Å². The van der Waals surface area contributed by atoms with E-state index >= 15 is 0 Å². The van der Waals surface area contributed by atoms with E-state index in [9.17, 15) is 8.42 Å². The fraction of sp³-hybridized carbons (Fsp3) is 0.500. The van der Waals surface area contributed by atoms with Gasteiger partial charge in [0.1, 0.15) is 0 Å². The molecule has 2 N–H and O–H groups in total. The van der Waals surface area contributed by atoms with Crippen molar-refractivity contribution in [3.63, 3.8) is 0 Å². The van der Waals surface area contributed by atoms with Gasteiger partial charge in [-0.3, -0.25) is 4.31 Å². The van der Waals surface area contributed by atoms with E-state index < -0.39 is 10.2 Å². The molecule has 0 amide bonds. The molecule has 0 aliphatic carbocycles. The van der Waals surface area contributed by atoms with Crippen LogP contribution in [0.15, 0.2) is 24.3 Å². The van der Waals surface area contributed by atoms with Crippen molar-refractivity contribution >= 4 is 15.9 Å². The Morgan fingerprint density at radius 1 is 1.22 bits per heavy atom. The predicted octanol–water partition coefficient (Wildman–Crippen LogP) is 0.957. The van der Waals surface area contributed by atoms with Crippen LogP contribution in [-0.4, -0.2) is 39.9 Å². The maximum Gasteiger partial charge on any atom is 0.303 e. The Kier molecular flexibility index (Phi) is 5.13. The lowest BCUT2D eigenvalue weighted by Crippen LogP contribution is -2.41. The standard InChI is InChI=1S/C12H21N3O2S/c1-11-7-4-5-8-12(11)15(10-6-9-13)18(16,17)14(2)3/h4-5,7-8H,6,9-10,13H2,1-3H3. The van der Waals surface area contributed by atoms with Crippen LogP contribution in [0.4, 0.5) is 5.69 Å². The molecule has 1 aromatic carbocycles. The molecule has 0 bridgehead atoms. The van der Waals surface area contributed by atoms with Gasteiger partial charge in [0.2, 0.25) is 0 Å². The molecule has 0 aliphatic heterocycles. The summed E-state index contributed by atoms with van der Waals surface area (Å²) in [5.41, 5.74) is 7.12. The Bertz CT molecular complexity index is 486. The molecule has 18 heavy (non-hydrogen) atoms. The third-order valence-corrected chi connectivity index (χ3v) is 4.55. The lowest BCUT2D eigenvalue weighted by Gasteiger charge is -2.28. The van der Waals surface area contributed by atoms with Gasteiger partial charge in [0.05, 0.1) is 5.69 Å². The number of nitrogens with two attached hydrogens (primary N) is 1. The van der Waals surface area contributed by atoms with Crippen molar-refractivity contribution in [3.05, 3.63) is 29.8 Å². The molecule has 0 heterocycles. The molecule has 6 heteroatoms. The predicted molar refractivity (Wildman–Crippen MR) is 74.8 cm³/mol. The number of benzene rings is 1. The van der Waals surface area contributed by atoms with Crippen molar-refractivity contribution in [2.24, 2.45) is 5.73 Å². The van der Waals surface area contributed by atoms with E-state index in [0.29, 0.717) is 25.2 Å². The van der Waals surface area contributed by atoms with Crippen LogP contribution in [0.2, 0.25) is 0 Å². The van der Waals surface area contributed by atoms with Gasteiger partial charge < -0.3 is 5.73 Å². The van der Waals surface area contributed by atoms with E-state index in [1.54, 1.807) is 0 Å². The first-order chi connectivity index (χ1) is 8.41. The Labute approximate surface area is 109 Å². The third-order valence-electron chi connectivity index (χ3n) is 2.69. The average Bonchev–Trinajstić information content (AvgIpc) is 2.31. The van der Waals surface area contributed by atoms with Crippen molar-refractivity contribution in [2.45, 2.75) is 13.3 Å². The number of aryl methyl sites for hydroxylation is 1. The van der Waals surface area contributed by atoms with Crippen molar-refractivity contribution in [3.8, 4) is 0 Å². The van der Waals surface area contributed by atoms with Crippen LogP contribution in [0, 0.1) is 6.92 Å². The van der Waals surface area contributed by atoms with Crippen LogP contribution < -0.4 is 10.0 Å². The first-order valence-electron chi connectivity index (χ1n) is 5.87. The minimum Gasteiger partial charge on any atom is -0.330 e. The van der Waals surface area contributed by atoms with Gasteiger partial charge in [0.15, 0.2) is 0 Å². The van der Waals surface area contributed by atoms with Gasteiger partial charge in [-0.15, -0.1) is 0 Å². The number of hydrogen-bond acceptors (Lipinski definition) is 3. The zero-order chi connectivity index (χ0) is 13.8. The normalized spacial score (nSPS) is 11.8. The SMILES string of the molecule is Cc1ccccc1N(CCCN)S(=O)(=O)N(C)C. The van der Waals surface area contributed by atoms with E-state index in [-0.39, 0.29) is 0 Å². The summed E-state index contributed by atoms with van der Waals surface area (Å²) in [6, 6.07) is 7.44. The second-order valence-corrected chi connectivity index (χ2v) is 6.36. The third kappa shape index (κ3) is 3.22. The summed E-state index contributed by atoms with van der Waals surface area (Å²) in [6.07, 6.45) is 0.626. The molecule has 0 radical (unpaired) electrons. The number of nitrogens with zero attached hydrogens (tertiary/aromatic N) is 2. The summed E-state index contributed by atoms with van der Waals surface area (Å²) in [7, 11) is -0.414. The quantitative estimate of drug-likeness (QED) is 0.838. The molecular weight excluding hydrogens is 250 g/mol. The fourth-order valence-electron chi connectivity index (χ4n) is 1.64. The smallest absolute Gasteiger partial charge is 0.303 e. The second kappa shape index (κ2) is 6.17. The first kappa shape index (κ1) is 14.9. The zero-order valence-corrected chi connectivity index (χ0v) is 11.9. The highest BCUT2D eigenvalue weighted by Crippen LogP contribution is 2.23. The topological polar surface area (TPSA) is 66.6 Å².